The summed E-state index contributed by atoms with van der Waals surface area (Å²) < 4.78 is 31.5. The van der Waals surface area contributed by atoms with Gasteiger partial charge in [0.25, 0.3) is 10.0 Å². The van der Waals surface area contributed by atoms with Gasteiger partial charge in [-0.15, -0.1) is 11.3 Å². The molecule has 2 N–H and O–H groups in total. The van der Waals surface area contributed by atoms with Crippen molar-refractivity contribution in [3.8, 4) is 0 Å². The molecule has 0 bridgehead atoms. The Morgan fingerprint density at radius 1 is 1.60 bits per heavy atom. The number of carbonyl (C=O) groups is 1. The second-order valence-electron chi connectivity index (χ2n) is 4.86. The van der Waals surface area contributed by atoms with E-state index >= 15 is 0 Å². The maximum Gasteiger partial charge on any atom is 0.356 e. The van der Waals surface area contributed by atoms with Crippen molar-refractivity contribution in [2.75, 3.05) is 20.3 Å². The Morgan fingerprint density at radius 2 is 2.30 bits per heavy atom. The van der Waals surface area contributed by atoms with Gasteiger partial charge in [0.2, 0.25) is 0 Å². The number of hydrogen-bond acceptors (Lipinski definition) is 6. The number of aromatic carboxylic acids is 1. The molecule has 0 aromatic carbocycles. The molecule has 0 spiro atoms. The fourth-order valence-electron chi connectivity index (χ4n) is 1.89. The van der Waals surface area contributed by atoms with Gasteiger partial charge in [0.05, 0.1) is 5.51 Å². The molecular formula is C11H16N2O5S2. The highest BCUT2D eigenvalue weighted by Crippen LogP contribution is 2.48. The third-order valence-corrected chi connectivity index (χ3v) is 6.18. The second-order valence-corrected chi connectivity index (χ2v) is 7.68. The van der Waals surface area contributed by atoms with E-state index in [0.29, 0.717) is 13.2 Å². The highest BCUT2D eigenvalue weighted by atomic mass is 32.2. The van der Waals surface area contributed by atoms with Crippen LogP contribution in [0.5, 0.6) is 0 Å². The average Bonchev–Trinajstić information content (AvgIpc) is 2.97. The maximum absolute atomic E-state index is 12.1. The van der Waals surface area contributed by atoms with Crippen LogP contribution < -0.4 is 4.72 Å². The van der Waals surface area contributed by atoms with Gasteiger partial charge >= 0.3 is 5.97 Å². The predicted octanol–water partition coefficient (Wildman–Crippen LogP) is 0.936. The molecule has 1 fully saturated rings. The first-order valence-electron chi connectivity index (χ1n) is 6.06. The Balaban J connectivity index is 2.05. The molecule has 112 valence electrons. The zero-order chi connectivity index (χ0) is 14.8. The highest BCUT2D eigenvalue weighted by molar-refractivity contribution is 7.91. The van der Waals surface area contributed by atoms with E-state index < -0.39 is 21.7 Å². The number of nitrogens with one attached hydrogen (secondary N) is 1. The van der Waals surface area contributed by atoms with Crippen LogP contribution in [0.1, 0.15) is 29.8 Å². The number of thiazole rings is 1. The van der Waals surface area contributed by atoms with Gasteiger partial charge in [-0.3, -0.25) is 0 Å². The van der Waals surface area contributed by atoms with Crippen LogP contribution in [0.2, 0.25) is 0 Å². The van der Waals surface area contributed by atoms with Gasteiger partial charge in [-0.2, -0.15) is 0 Å². The summed E-state index contributed by atoms with van der Waals surface area (Å²) in [7, 11) is -2.22. The zero-order valence-corrected chi connectivity index (χ0v) is 12.6. The van der Waals surface area contributed by atoms with E-state index in [1.165, 1.54) is 5.51 Å². The van der Waals surface area contributed by atoms with E-state index in [2.05, 4.69) is 9.71 Å². The summed E-state index contributed by atoms with van der Waals surface area (Å²) >= 11 is 0.807. The molecule has 1 heterocycles. The van der Waals surface area contributed by atoms with E-state index in [1.54, 1.807) is 7.11 Å². The van der Waals surface area contributed by atoms with Crippen LogP contribution in [0, 0.1) is 5.41 Å². The lowest BCUT2D eigenvalue weighted by Crippen LogP contribution is -2.31. The van der Waals surface area contributed by atoms with E-state index in [-0.39, 0.29) is 9.62 Å². The molecule has 20 heavy (non-hydrogen) atoms. The van der Waals surface area contributed by atoms with Crippen molar-refractivity contribution in [2.45, 2.75) is 23.5 Å². The molecule has 2 rings (SSSR count). The molecule has 0 atom stereocenters. The van der Waals surface area contributed by atoms with Crippen LogP contribution in [0.4, 0.5) is 0 Å². The van der Waals surface area contributed by atoms with Crippen molar-refractivity contribution in [2.24, 2.45) is 5.41 Å². The van der Waals surface area contributed by atoms with E-state index in [9.17, 15) is 13.2 Å². The highest BCUT2D eigenvalue weighted by Gasteiger charge is 2.43. The minimum absolute atomic E-state index is 0.0445. The van der Waals surface area contributed by atoms with Gasteiger partial charge in [-0.1, -0.05) is 0 Å². The average molecular weight is 320 g/mol. The summed E-state index contributed by atoms with van der Waals surface area (Å²) in [5, 5.41) is 8.91. The number of hydrogen-bond donors (Lipinski definition) is 2. The van der Waals surface area contributed by atoms with Crippen LogP contribution in [-0.4, -0.2) is 44.7 Å². The Labute approximate surface area is 121 Å². The number of nitrogens with zero attached hydrogens (tertiary/aromatic N) is 1. The van der Waals surface area contributed by atoms with Crippen molar-refractivity contribution in [3.63, 3.8) is 0 Å². The molecule has 0 saturated heterocycles. The SMILES string of the molecule is COCCC1(CNS(=O)(=O)c2scnc2C(=O)O)CC1. The van der Waals surface area contributed by atoms with Gasteiger partial charge in [0.1, 0.15) is 0 Å². The lowest BCUT2D eigenvalue weighted by atomic mass is 10.0. The van der Waals surface area contributed by atoms with Crippen molar-refractivity contribution in [3.05, 3.63) is 11.2 Å². The van der Waals surface area contributed by atoms with Gasteiger partial charge < -0.3 is 9.84 Å². The molecule has 1 aromatic rings. The minimum atomic E-state index is -3.83. The lowest BCUT2D eigenvalue weighted by Gasteiger charge is -2.15. The van der Waals surface area contributed by atoms with Crippen molar-refractivity contribution < 1.29 is 23.1 Å². The largest absolute Gasteiger partial charge is 0.476 e. The van der Waals surface area contributed by atoms with Crippen LogP contribution >= 0.6 is 11.3 Å². The molecule has 1 saturated carbocycles. The minimum Gasteiger partial charge on any atom is -0.476 e. The lowest BCUT2D eigenvalue weighted by molar-refractivity contribution is 0.0687. The molecule has 9 heteroatoms. The number of carboxylic acids is 1. The summed E-state index contributed by atoms with van der Waals surface area (Å²) in [5.74, 6) is -1.34. The van der Waals surface area contributed by atoms with Crippen LogP contribution in [0.15, 0.2) is 9.72 Å². The molecular weight excluding hydrogens is 304 g/mol. The Hall–Kier alpha value is -1.03. The first-order chi connectivity index (χ1) is 9.40. The molecule has 7 nitrogen and oxygen atoms in total. The summed E-state index contributed by atoms with van der Waals surface area (Å²) in [6.45, 7) is 0.887. The Kier molecular flexibility index (Phi) is 4.43. The number of methoxy groups -OCH3 is 1. The fourth-order valence-corrected chi connectivity index (χ4v) is 4.23. The van der Waals surface area contributed by atoms with Crippen LogP contribution in [0.3, 0.4) is 0 Å². The molecule has 0 aliphatic heterocycles. The predicted molar refractivity (Wildman–Crippen MR) is 72.4 cm³/mol. The number of aromatic nitrogens is 1. The van der Waals surface area contributed by atoms with Crippen molar-refractivity contribution >= 4 is 27.3 Å². The third kappa shape index (κ3) is 3.35. The standard InChI is InChI=1S/C11H16N2O5S2/c1-18-5-4-11(2-3-11)6-13-20(16,17)10-8(9(14)15)12-7-19-10/h7,13H,2-6H2,1H3,(H,14,15). The quantitative estimate of drug-likeness (QED) is 0.738. The molecule has 0 radical (unpaired) electrons. The molecule has 0 amide bonds. The topological polar surface area (TPSA) is 106 Å². The molecule has 0 unspecified atom stereocenters. The number of rotatable bonds is 8. The fraction of sp³-hybridized carbons (Fsp3) is 0.636. The van der Waals surface area contributed by atoms with Gasteiger partial charge in [0, 0.05) is 20.3 Å². The normalized spacial score (nSPS) is 17.1. The van der Waals surface area contributed by atoms with E-state index in [1.807, 2.05) is 0 Å². The Bertz CT molecular complexity index is 592. The van der Waals surface area contributed by atoms with Crippen LogP contribution in [0.25, 0.3) is 0 Å². The van der Waals surface area contributed by atoms with Crippen molar-refractivity contribution in [1.29, 1.82) is 0 Å². The molecule has 1 aromatic heterocycles. The number of sulfonamides is 1. The van der Waals surface area contributed by atoms with Crippen LogP contribution in [-0.2, 0) is 14.8 Å². The molecule has 1 aliphatic rings. The molecule has 1 aliphatic carbocycles. The number of ether oxygens (including phenoxy) is 1. The smallest absolute Gasteiger partial charge is 0.356 e. The van der Waals surface area contributed by atoms with E-state index in [0.717, 1.165) is 30.6 Å². The van der Waals surface area contributed by atoms with E-state index in [4.69, 9.17) is 9.84 Å². The Morgan fingerprint density at radius 3 is 2.85 bits per heavy atom. The van der Waals surface area contributed by atoms with Gasteiger partial charge in [0.15, 0.2) is 9.90 Å². The maximum atomic E-state index is 12.1. The summed E-state index contributed by atoms with van der Waals surface area (Å²) in [6.07, 6.45) is 2.70. The van der Waals surface area contributed by atoms with Crippen molar-refractivity contribution in [1.82, 2.24) is 9.71 Å². The van der Waals surface area contributed by atoms with Gasteiger partial charge in [-0.05, 0) is 24.7 Å². The summed E-state index contributed by atoms with van der Waals surface area (Å²) in [5.41, 5.74) is 0.747. The monoisotopic (exact) mass is 320 g/mol. The first-order valence-corrected chi connectivity index (χ1v) is 8.42. The van der Waals surface area contributed by atoms with Gasteiger partial charge in [-0.25, -0.2) is 22.9 Å². The summed E-state index contributed by atoms with van der Waals surface area (Å²) in [6, 6.07) is 0. The second kappa shape index (κ2) is 5.76. The number of carboxylic acid groups (broad SMARTS) is 1. The summed E-state index contributed by atoms with van der Waals surface area (Å²) in [4.78, 5) is 14.5. The third-order valence-electron chi connectivity index (χ3n) is 3.41. The zero-order valence-electron chi connectivity index (χ0n) is 11.0. The first kappa shape index (κ1) is 15.4.